The van der Waals surface area contributed by atoms with Crippen LogP contribution >= 0.6 is 0 Å². The average Bonchev–Trinajstić information content (AvgIpc) is 2.36. The second-order valence-electron chi connectivity index (χ2n) is 4.83. The minimum atomic E-state index is -0.214. The summed E-state index contributed by atoms with van der Waals surface area (Å²) in [6.07, 6.45) is 0.807. The largest absolute Gasteiger partial charge is 0.399 e. The summed E-state index contributed by atoms with van der Waals surface area (Å²) in [5.41, 5.74) is 6.96. The second-order valence-corrected chi connectivity index (χ2v) is 4.83. The molecule has 4 N–H and O–H groups in total. The van der Waals surface area contributed by atoms with Crippen molar-refractivity contribution in [3.63, 3.8) is 0 Å². The van der Waals surface area contributed by atoms with Gasteiger partial charge in [-0.3, -0.25) is 0 Å². The van der Waals surface area contributed by atoms with Crippen molar-refractivity contribution < 1.29 is 9.53 Å². The Bertz CT molecular complexity index is 377. The van der Waals surface area contributed by atoms with Crippen LogP contribution in [0.4, 0.5) is 16.2 Å². The topological polar surface area (TPSA) is 76.4 Å². The van der Waals surface area contributed by atoms with E-state index in [1.165, 1.54) is 0 Å². The summed E-state index contributed by atoms with van der Waals surface area (Å²) in [4.78, 5) is 11.5. The molecule has 0 aliphatic heterocycles. The summed E-state index contributed by atoms with van der Waals surface area (Å²) in [7, 11) is 0. The van der Waals surface area contributed by atoms with Gasteiger partial charge < -0.3 is 21.1 Å². The second kappa shape index (κ2) is 8.37. The number of anilines is 2. The molecule has 0 fully saturated rings. The van der Waals surface area contributed by atoms with E-state index in [2.05, 4.69) is 24.5 Å². The lowest BCUT2D eigenvalue weighted by Gasteiger charge is -2.09. The number of ether oxygens (including phenoxy) is 1. The molecule has 1 aromatic carbocycles. The SMILES string of the molecule is CC(C)COCCCNC(=O)Nc1ccc(N)cc1. The van der Waals surface area contributed by atoms with E-state index in [0.717, 1.165) is 18.7 Å². The van der Waals surface area contributed by atoms with Gasteiger partial charge in [0.1, 0.15) is 0 Å². The van der Waals surface area contributed by atoms with Crippen LogP contribution in [0, 0.1) is 5.92 Å². The van der Waals surface area contributed by atoms with Gasteiger partial charge in [-0.15, -0.1) is 0 Å². The smallest absolute Gasteiger partial charge is 0.319 e. The Morgan fingerprint density at radius 1 is 1.32 bits per heavy atom. The monoisotopic (exact) mass is 265 g/mol. The van der Waals surface area contributed by atoms with Gasteiger partial charge in [-0.1, -0.05) is 13.8 Å². The first-order valence-electron chi connectivity index (χ1n) is 6.56. The number of benzene rings is 1. The molecule has 0 aliphatic carbocycles. The third kappa shape index (κ3) is 7.31. The summed E-state index contributed by atoms with van der Waals surface area (Å²) in [5, 5.41) is 5.50. The summed E-state index contributed by atoms with van der Waals surface area (Å²) in [6.45, 7) is 6.24. The zero-order valence-electron chi connectivity index (χ0n) is 11.6. The maximum Gasteiger partial charge on any atom is 0.319 e. The molecular weight excluding hydrogens is 242 g/mol. The first kappa shape index (κ1) is 15.3. The van der Waals surface area contributed by atoms with E-state index in [1.54, 1.807) is 24.3 Å². The standard InChI is InChI=1S/C14H23N3O2/c1-11(2)10-19-9-3-8-16-14(18)17-13-6-4-12(15)5-7-13/h4-7,11H,3,8-10,15H2,1-2H3,(H2,16,17,18). The molecule has 5 heteroatoms. The Hall–Kier alpha value is -1.75. The molecule has 2 amide bonds. The maximum absolute atomic E-state index is 11.5. The van der Waals surface area contributed by atoms with Crippen molar-refractivity contribution in [2.75, 3.05) is 30.8 Å². The van der Waals surface area contributed by atoms with Crippen molar-refractivity contribution in [3.05, 3.63) is 24.3 Å². The van der Waals surface area contributed by atoms with E-state index in [0.29, 0.717) is 24.8 Å². The van der Waals surface area contributed by atoms with Crippen LogP contribution in [0.15, 0.2) is 24.3 Å². The normalized spacial score (nSPS) is 10.5. The highest BCUT2D eigenvalue weighted by atomic mass is 16.5. The molecule has 0 aromatic heterocycles. The van der Waals surface area contributed by atoms with Gasteiger partial charge in [0.2, 0.25) is 0 Å². The zero-order valence-corrected chi connectivity index (χ0v) is 11.6. The molecule has 1 aromatic rings. The van der Waals surface area contributed by atoms with Crippen LogP contribution < -0.4 is 16.4 Å². The fourth-order valence-electron chi connectivity index (χ4n) is 1.44. The Labute approximate surface area is 114 Å². The van der Waals surface area contributed by atoms with E-state index in [9.17, 15) is 4.79 Å². The number of hydrogen-bond acceptors (Lipinski definition) is 3. The predicted octanol–water partition coefficient (Wildman–Crippen LogP) is 2.45. The number of nitrogen functional groups attached to an aromatic ring is 1. The molecule has 0 unspecified atom stereocenters. The molecule has 106 valence electrons. The Balaban J connectivity index is 2.09. The average molecular weight is 265 g/mol. The van der Waals surface area contributed by atoms with Gasteiger partial charge in [0, 0.05) is 31.1 Å². The minimum absolute atomic E-state index is 0.214. The van der Waals surface area contributed by atoms with E-state index < -0.39 is 0 Å². The Morgan fingerprint density at radius 3 is 2.63 bits per heavy atom. The van der Waals surface area contributed by atoms with Gasteiger partial charge in [0.05, 0.1) is 0 Å². The van der Waals surface area contributed by atoms with Crippen molar-refractivity contribution in [3.8, 4) is 0 Å². The highest BCUT2D eigenvalue weighted by molar-refractivity contribution is 5.89. The number of urea groups is 1. The van der Waals surface area contributed by atoms with E-state index in [4.69, 9.17) is 10.5 Å². The first-order chi connectivity index (χ1) is 9.08. The van der Waals surface area contributed by atoms with Crippen LogP contribution in [0.2, 0.25) is 0 Å². The van der Waals surface area contributed by atoms with Crippen molar-refractivity contribution in [1.82, 2.24) is 5.32 Å². The molecule has 0 aliphatic rings. The molecule has 0 radical (unpaired) electrons. The van der Waals surface area contributed by atoms with Gasteiger partial charge in [0.15, 0.2) is 0 Å². The molecule has 0 saturated heterocycles. The molecule has 0 atom stereocenters. The first-order valence-corrected chi connectivity index (χ1v) is 6.56. The van der Waals surface area contributed by atoms with Gasteiger partial charge in [0.25, 0.3) is 0 Å². The number of nitrogens with one attached hydrogen (secondary N) is 2. The summed E-state index contributed by atoms with van der Waals surface area (Å²) in [5.74, 6) is 0.543. The van der Waals surface area contributed by atoms with Crippen LogP contribution in [0.1, 0.15) is 20.3 Å². The molecule has 19 heavy (non-hydrogen) atoms. The van der Waals surface area contributed by atoms with Gasteiger partial charge in [-0.2, -0.15) is 0 Å². The van der Waals surface area contributed by atoms with Crippen molar-refractivity contribution in [2.45, 2.75) is 20.3 Å². The number of hydrogen-bond donors (Lipinski definition) is 3. The lowest BCUT2D eigenvalue weighted by molar-refractivity contribution is 0.108. The molecule has 0 saturated carbocycles. The van der Waals surface area contributed by atoms with E-state index in [1.807, 2.05) is 0 Å². The van der Waals surface area contributed by atoms with Crippen LogP contribution in [0.5, 0.6) is 0 Å². The van der Waals surface area contributed by atoms with Crippen molar-refractivity contribution in [2.24, 2.45) is 5.92 Å². The number of rotatable bonds is 7. The number of carbonyl (C=O) groups excluding carboxylic acids is 1. The number of amides is 2. The summed E-state index contributed by atoms with van der Waals surface area (Å²) >= 11 is 0. The quantitative estimate of drug-likeness (QED) is 0.523. The van der Waals surface area contributed by atoms with Gasteiger partial charge in [-0.25, -0.2) is 4.79 Å². The van der Waals surface area contributed by atoms with Gasteiger partial charge >= 0.3 is 6.03 Å². The van der Waals surface area contributed by atoms with Crippen LogP contribution in [-0.4, -0.2) is 25.8 Å². The zero-order chi connectivity index (χ0) is 14.1. The van der Waals surface area contributed by atoms with Gasteiger partial charge in [-0.05, 0) is 36.6 Å². The van der Waals surface area contributed by atoms with Crippen LogP contribution in [0.25, 0.3) is 0 Å². The molecule has 5 nitrogen and oxygen atoms in total. The van der Waals surface area contributed by atoms with Crippen LogP contribution in [-0.2, 0) is 4.74 Å². The fraction of sp³-hybridized carbons (Fsp3) is 0.500. The lowest BCUT2D eigenvalue weighted by atomic mass is 10.2. The molecular formula is C14H23N3O2. The van der Waals surface area contributed by atoms with E-state index in [-0.39, 0.29) is 6.03 Å². The number of carbonyl (C=O) groups is 1. The molecule has 0 spiro atoms. The summed E-state index contributed by atoms with van der Waals surface area (Å²) in [6, 6.07) is 6.81. The highest BCUT2D eigenvalue weighted by Gasteiger charge is 2.00. The highest BCUT2D eigenvalue weighted by Crippen LogP contribution is 2.09. The maximum atomic E-state index is 11.5. The molecule has 0 heterocycles. The lowest BCUT2D eigenvalue weighted by Crippen LogP contribution is -2.30. The Kier molecular flexibility index (Phi) is 6.74. The van der Waals surface area contributed by atoms with E-state index >= 15 is 0 Å². The van der Waals surface area contributed by atoms with Crippen molar-refractivity contribution in [1.29, 1.82) is 0 Å². The predicted molar refractivity (Wildman–Crippen MR) is 78.1 cm³/mol. The molecule has 1 rings (SSSR count). The Morgan fingerprint density at radius 2 is 2.00 bits per heavy atom. The number of nitrogens with two attached hydrogens (primary N) is 1. The molecule has 0 bridgehead atoms. The fourth-order valence-corrected chi connectivity index (χ4v) is 1.44. The van der Waals surface area contributed by atoms with Crippen LogP contribution in [0.3, 0.4) is 0 Å². The third-order valence-corrected chi connectivity index (χ3v) is 2.37. The minimum Gasteiger partial charge on any atom is -0.399 e. The third-order valence-electron chi connectivity index (χ3n) is 2.37. The summed E-state index contributed by atoms with van der Waals surface area (Å²) < 4.78 is 5.42. The van der Waals surface area contributed by atoms with Crippen molar-refractivity contribution >= 4 is 17.4 Å².